The molecule has 0 aliphatic rings. The van der Waals surface area contributed by atoms with Crippen LogP contribution in [-0.2, 0) is 11.2 Å². The fourth-order valence-corrected chi connectivity index (χ4v) is 3.73. The standard InChI is InChI=1S/C22H23NO4S/c1-14-8-9-15(2)21(16(14)3)27-11-10-26-19-7-5-4-6-18(19)22-23-17(13-28-22)12-20(24)25/h4-9,13H,10-12H2,1-3H3,(H,24,25). The van der Waals surface area contributed by atoms with Gasteiger partial charge in [-0.1, -0.05) is 24.3 Å². The fraction of sp³-hybridized carbons (Fsp3) is 0.273. The monoisotopic (exact) mass is 397 g/mol. The first kappa shape index (κ1) is 19.9. The van der Waals surface area contributed by atoms with E-state index in [1.807, 2.05) is 31.2 Å². The van der Waals surface area contributed by atoms with E-state index in [9.17, 15) is 4.79 Å². The van der Waals surface area contributed by atoms with Crippen molar-refractivity contribution in [3.63, 3.8) is 0 Å². The van der Waals surface area contributed by atoms with Crippen LogP contribution in [0.5, 0.6) is 11.5 Å². The average molecular weight is 397 g/mol. The van der Waals surface area contributed by atoms with Gasteiger partial charge in [0, 0.05) is 5.38 Å². The van der Waals surface area contributed by atoms with Gasteiger partial charge < -0.3 is 14.6 Å². The zero-order valence-electron chi connectivity index (χ0n) is 16.2. The predicted molar refractivity (Wildman–Crippen MR) is 111 cm³/mol. The first-order valence-electron chi connectivity index (χ1n) is 9.03. The van der Waals surface area contributed by atoms with Crippen LogP contribution >= 0.6 is 11.3 Å². The maximum absolute atomic E-state index is 10.9. The molecule has 0 bridgehead atoms. The Bertz CT molecular complexity index is 980. The molecule has 0 amide bonds. The Balaban J connectivity index is 1.65. The van der Waals surface area contributed by atoms with Gasteiger partial charge in [0.05, 0.1) is 17.7 Å². The number of hydrogen-bond donors (Lipinski definition) is 1. The SMILES string of the molecule is Cc1ccc(C)c(OCCOc2ccccc2-c2nc(CC(=O)O)cs2)c1C. The highest BCUT2D eigenvalue weighted by molar-refractivity contribution is 7.13. The van der Waals surface area contributed by atoms with Gasteiger partial charge in [0.15, 0.2) is 0 Å². The summed E-state index contributed by atoms with van der Waals surface area (Å²) in [5.41, 5.74) is 4.86. The first-order valence-corrected chi connectivity index (χ1v) is 9.91. The van der Waals surface area contributed by atoms with E-state index in [1.54, 1.807) is 5.38 Å². The quantitative estimate of drug-likeness (QED) is 0.552. The molecule has 0 aliphatic carbocycles. The molecule has 6 heteroatoms. The molecule has 0 fully saturated rings. The number of para-hydroxylation sites is 1. The number of ether oxygens (including phenoxy) is 2. The van der Waals surface area contributed by atoms with E-state index in [1.165, 1.54) is 16.9 Å². The molecule has 2 aromatic carbocycles. The van der Waals surface area contributed by atoms with Gasteiger partial charge in [0.2, 0.25) is 0 Å². The van der Waals surface area contributed by atoms with Crippen LogP contribution in [0, 0.1) is 20.8 Å². The zero-order chi connectivity index (χ0) is 20.1. The number of carbonyl (C=O) groups is 1. The second-order valence-electron chi connectivity index (χ2n) is 6.56. The van der Waals surface area contributed by atoms with Crippen molar-refractivity contribution in [1.29, 1.82) is 0 Å². The molecule has 0 aliphatic heterocycles. The van der Waals surface area contributed by atoms with E-state index in [0.717, 1.165) is 27.4 Å². The molecule has 1 heterocycles. The Kier molecular flexibility index (Phi) is 6.31. The zero-order valence-corrected chi connectivity index (χ0v) is 17.0. The third-order valence-corrected chi connectivity index (χ3v) is 5.39. The summed E-state index contributed by atoms with van der Waals surface area (Å²) < 4.78 is 11.9. The molecular weight excluding hydrogens is 374 g/mol. The van der Waals surface area contributed by atoms with Crippen molar-refractivity contribution in [2.75, 3.05) is 13.2 Å². The molecule has 0 radical (unpaired) electrons. The maximum Gasteiger partial charge on any atom is 0.309 e. The number of thiazole rings is 1. The van der Waals surface area contributed by atoms with Crippen molar-refractivity contribution in [1.82, 2.24) is 4.98 Å². The van der Waals surface area contributed by atoms with Gasteiger partial charge in [-0.05, 0) is 49.6 Å². The Morgan fingerprint density at radius 3 is 2.54 bits per heavy atom. The van der Waals surface area contributed by atoms with Crippen molar-refractivity contribution >= 4 is 17.3 Å². The van der Waals surface area contributed by atoms with Crippen LogP contribution in [0.15, 0.2) is 41.8 Å². The summed E-state index contributed by atoms with van der Waals surface area (Å²) in [6.45, 7) is 7.00. The largest absolute Gasteiger partial charge is 0.489 e. The summed E-state index contributed by atoms with van der Waals surface area (Å²) in [6.07, 6.45) is -0.0808. The van der Waals surface area contributed by atoms with Gasteiger partial charge >= 0.3 is 5.97 Å². The first-order chi connectivity index (χ1) is 13.5. The van der Waals surface area contributed by atoms with Crippen LogP contribution in [0.4, 0.5) is 0 Å². The molecule has 0 unspecified atom stereocenters. The highest BCUT2D eigenvalue weighted by Gasteiger charge is 2.12. The second kappa shape index (κ2) is 8.89. The molecule has 28 heavy (non-hydrogen) atoms. The Morgan fingerprint density at radius 1 is 1.04 bits per heavy atom. The van der Waals surface area contributed by atoms with Gasteiger partial charge in [-0.3, -0.25) is 4.79 Å². The fourth-order valence-electron chi connectivity index (χ4n) is 2.88. The third kappa shape index (κ3) is 4.70. The highest BCUT2D eigenvalue weighted by atomic mass is 32.1. The normalized spacial score (nSPS) is 10.7. The van der Waals surface area contributed by atoms with Crippen LogP contribution in [0.3, 0.4) is 0 Å². The molecule has 1 N–H and O–H groups in total. The van der Waals surface area contributed by atoms with Crippen LogP contribution < -0.4 is 9.47 Å². The number of hydrogen-bond acceptors (Lipinski definition) is 5. The summed E-state index contributed by atoms with van der Waals surface area (Å²) in [5.74, 6) is 0.732. The Labute approximate surface area is 168 Å². The number of carboxylic acids is 1. The lowest BCUT2D eigenvalue weighted by molar-refractivity contribution is -0.136. The minimum Gasteiger partial charge on any atom is -0.489 e. The van der Waals surface area contributed by atoms with Crippen LogP contribution in [-0.4, -0.2) is 29.3 Å². The Morgan fingerprint density at radius 2 is 1.75 bits per heavy atom. The molecule has 0 saturated carbocycles. The van der Waals surface area contributed by atoms with Gasteiger partial charge in [0.25, 0.3) is 0 Å². The number of rotatable bonds is 8. The number of aliphatic carboxylic acids is 1. The van der Waals surface area contributed by atoms with Crippen molar-refractivity contribution in [3.8, 4) is 22.1 Å². The molecule has 3 aromatic rings. The van der Waals surface area contributed by atoms with Gasteiger partial charge in [-0.15, -0.1) is 11.3 Å². The van der Waals surface area contributed by atoms with E-state index in [-0.39, 0.29) is 6.42 Å². The van der Waals surface area contributed by atoms with E-state index in [4.69, 9.17) is 14.6 Å². The summed E-state index contributed by atoms with van der Waals surface area (Å²) in [6, 6.07) is 11.8. The smallest absolute Gasteiger partial charge is 0.309 e. The lowest BCUT2D eigenvalue weighted by Crippen LogP contribution is -2.11. The molecule has 1 aromatic heterocycles. The molecule has 0 atom stereocenters. The van der Waals surface area contributed by atoms with Crippen molar-refractivity contribution in [3.05, 3.63) is 64.2 Å². The molecule has 5 nitrogen and oxygen atoms in total. The molecule has 0 saturated heterocycles. The second-order valence-corrected chi connectivity index (χ2v) is 7.42. The summed E-state index contributed by atoms with van der Waals surface area (Å²) in [4.78, 5) is 15.3. The number of carboxylic acid groups (broad SMARTS) is 1. The maximum atomic E-state index is 10.9. The lowest BCUT2D eigenvalue weighted by Gasteiger charge is -2.15. The summed E-state index contributed by atoms with van der Waals surface area (Å²) in [5, 5.41) is 11.4. The number of aromatic nitrogens is 1. The number of aryl methyl sites for hydroxylation is 2. The topological polar surface area (TPSA) is 68.7 Å². The molecule has 3 rings (SSSR count). The van der Waals surface area contributed by atoms with E-state index < -0.39 is 5.97 Å². The van der Waals surface area contributed by atoms with Crippen molar-refractivity contribution in [2.24, 2.45) is 0 Å². The van der Waals surface area contributed by atoms with Crippen molar-refractivity contribution < 1.29 is 19.4 Å². The molecular formula is C22H23NO4S. The van der Waals surface area contributed by atoms with Crippen molar-refractivity contribution in [2.45, 2.75) is 27.2 Å². The average Bonchev–Trinajstić information content (AvgIpc) is 3.12. The van der Waals surface area contributed by atoms with E-state index in [0.29, 0.717) is 24.7 Å². The van der Waals surface area contributed by atoms with Crippen LogP contribution in [0.25, 0.3) is 10.6 Å². The molecule has 146 valence electrons. The van der Waals surface area contributed by atoms with Gasteiger partial charge in [-0.25, -0.2) is 4.98 Å². The number of benzene rings is 2. The van der Waals surface area contributed by atoms with E-state index >= 15 is 0 Å². The van der Waals surface area contributed by atoms with Crippen LogP contribution in [0.1, 0.15) is 22.4 Å². The number of nitrogens with zero attached hydrogens (tertiary/aromatic N) is 1. The van der Waals surface area contributed by atoms with Gasteiger partial charge in [0.1, 0.15) is 29.7 Å². The third-order valence-electron chi connectivity index (χ3n) is 4.46. The summed E-state index contributed by atoms with van der Waals surface area (Å²) >= 11 is 1.41. The predicted octanol–water partition coefficient (Wildman–Crippen LogP) is 4.82. The highest BCUT2D eigenvalue weighted by Crippen LogP contribution is 2.32. The Hall–Kier alpha value is -2.86. The minimum atomic E-state index is -0.889. The van der Waals surface area contributed by atoms with Crippen LogP contribution in [0.2, 0.25) is 0 Å². The van der Waals surface area contributed by atoms with Gasteiger partial charge in [-0.2, -0.15) is 0 Å². The molecule has 0 spiro atoms. The summed E-state index contributed by atoms with van der Waals surface area (Å²) in [7, 11) is 0. The minimum absolute atomic E-state index is 0.0808. The lowest BCUT2D eigenvalue weighted by atomic mass is 10.1. The van der Waals surface area contributed by atoms with E-state index in [2.05, 4.69) is 31.0 Å².